The van der Waals surface area contributed by atoms with Crippen molar-refractivity contribution in [2.75, 3.05) is 20.2 Å². The molecular formula is C21H25NO3. The Hall–Kier alpha value is -2.49. The second kappa shape index (κ2) is 8.56. The summed E-state index contributed by atoms with van der Waals surface area (Å²) in [5.41, 5.74) is 1.13. The molecule has 0 spiro atoms. The first-order valence-electron chi connectivity index (χ1n) is 8.87. The highest BCUT2D eigenvalue weighted by molar-refractivity contribution is 5.76. The number of hydrogen-bond donors (Lipinski definition) is 0. The minimum atomic E-state index is 0.0805. The normalized spacial score (nSPS) is 17.2. The van der Waals surface area contributed by atoms with Crippen LogP contribution in [0.15, 0.2) is 54.6 Å². The molecule has 1 amide bonds. The van der Waals surface area contributed by atoms with Gasteiger partial charge in [0, 0.05) is 13.0 Å². The molecule has 0 aromatic heterocycles. The number of hydrogen-bond acceptors (Lipinski definition) is 3. The number of methoxy groups -OCH3 is 1. The lowest BCUT2D eigenvalue weighted by molar-refractivity contribution is -0.133. The highest BCUT2D eigenvalue weighted by Gasteiger charge is 2.24. The van der Waals surface area contributed by atoms with Gasteiger partial charge in [-0.1, -0.05) is 30.3 Å². The van der Waals surface area contributed by atoms with Crippen molar-refractivity contribution in [1.29, 1.82) is 0 Å². The molecule has 1 aliphatic rings. The maximum absolute atomic E-state index is 12.6. The number of ether oxygens (including phenoxy) is 2. The molecule has 1 heterocycles. The number of piperidine rings is 1. The summed E-state index contributed by atoms with van der Waals surface area (Å²) in [5.74, 6) is 1.90. The molecule has 2 aromatic rings. The fraction of sp³-hybridized carbons (Fsp3) is 0.381. The zero-order valence-corrected chi connectivity index (χ0v) is 14.7. The molecule has 1 atom stereocenters. The summed E-state index contributed by atoms with van der Waals surface area (Å²) in [6, 6.07) is 17.7. The molecule has 0 N–H and O–H groups in total. The van der Waals surface area contributed by atoms with Crippen LogP contribution in [0.5, 0.6) is 11.5 Å². The van der Waals surface area contributed by atoms with Crippen LogP contribution in [0.1, 0.15) is 24.8 Å². The summed E-state index contributed by atoms with van der Waals surface area (Å²) >= 11 is 0. The van der Waals surface area contributed by atoms with E-state index in [4.69, 9.17) is 9.47 Å². The Kier molecular flexibility index (Phi) is 5.94. The second-order valence-electron chi connectivity index (χ2n) is 6.39. The third kappa shape index (κ3) is 4.99. The monoisotopic (exact) mass is 339 g/mol. The molecule has 2 aromatic carbocycles. The predicted octanol–water partition coefficient (Wildman–Crippen LogP) is 3.70. The second-order valence-corrected chi connectivity index (χ2v) is 6.39. The minimum Gasteiger partial charge on any atom is -0.497 e. The number of carbonyl (C=O) groups is 1. The maximum atomic E-state index is 12.6. The lowest BCUT2D eigenvalue weighted by atomic mass is 10.1. The van der Waals surface area contributed by atoms with Crippen molar-refractivity contribution < 1.29 is 14.3 Å². The molecule has 1 saturated heterocycles. The molecule has 25 heavy (non-hydrogen) atoms. The van der Waals surface area contributed by atoms with Gasteiger partial charge in [0.2, 0.25) is 5.91 Å². The molecule has 0 aliphatic carbocycles. The Morgan fingerprint density at radius 1 is 1.12 bits per heavy atom. The van der Waals surface area contributed by atoms with Crippen molar-refractivity contribution in [3.8, 4) is 11.5 Å². The molecule has 4 nitrogen and oxygen atoms in total. The number of amides is 1. The van der Waals surface area contributed by atoms with Gasteiger partial charge in [-0.3, -0.25) is 4.79 Å². The Labute approximate surface area is 149 Å². The first-order valence-corrected chi connectivity index (χ1v) is 8.87. The van der Waals surface area contributed by atoms with Crippen LogP contribution in [-0.2, 0) is 11.2 Å². The third-order valence-electron chi connectivity index (χ3n) is 4.54. The number of benzene rings is 2. The molecule has 3 rings (SSSR count). The third-order valence-corrected chi connectivity index (χ3v) is 4.54. The first kappa shape index (κ1) is 17.3. The molecule has 1 aliphatic heterocycles. The van der Waals surface area contributed by atoms with Crippen molar-refractivity contribution in [3.05, 3.63) is 60.2 Å². The van der Waals surface area contributed by atoms with Crippen LogP contribution >= 0.6 is 0 Å². The first-order chi connectivity index (χ1) is 12.2. The maximum Gasteiger partial charge on any atom is 0.223 e. The van der Waals surface area contributed by atoms with Crippen LogP contribution in [0.2, 0.25) is 0 Å². The van der Waals surface area contributed by atoms with Crippen LogP contribution in [0.25, 0.3) is 0 Å². The highest BCUT2D eigenvalue weighted by atomic mass is 16.5. The lowest BCUT2D eigenvalue weighted by Gasteiger charge is -2.33. The smallest absolute Gasteiger partial charge is 0.223 e. The van der Waals surface area contributed by atoms with E-state index in [0.717, 1.165) is 42.9 Å². The molecule has 0 bridgehead atoms. The van der Waals surface area contributed by atoms with E-state index >= 15 is 0 Å². The van der Waals surface area contributed by atoms with E-state index in [9.17, 15) is 4.79 Å². The summed E-state index contributed by atoms with van der Waals surface area (Å²) < 4.78 is 11.3. The van der Waals surface area contributed by atoms with Gasteiger partial charge in [-0.2, -0.15) is 0 Å². The number of aryl methyl sites for hydroxylation is 1. The molecule has 4 heteroatoms. The van der Waals surface area contributed by atoms with Gasteiger partial charge in [0.25, 0.3) is 0 Å². The van der Waals surface area contributed by atoms with Crippen LogP contribution in [0.4, 0.5) is 0 Å². The SMILES string of the molecule is COc1cccc(CCC(=O)N2CCCC(Oc3ccccc3)C2)c1. The molecule has 132 valence electrons. The van der Waals surface area contributed by atoms with E-state index in [0.29, 0.717) is 13.0 Å². The van der Waals surface area contributed by atoms with Gasteiger partial charge in [-0.25, -0.2) is 0 Å². The van der Waals surface area contributed by atoms with Crippen molar-refractivity contribution in [2.45, 2.75) is 31.8 Å². The van der Waals surface area contributed by atoms with Gasteiger partial charge in [0.15, 0.2) is 0 Å². The van der Waals surface area contributed by atoms with Crippen LogP contribution < -0.4 is 9.47 Å². The van der Waals surface area contributed by atoms with Gasteiger partial charge < -0.3 is 14.4 Å². The standard InChI is InChI=1S/C21H25NO3/c1-24-19-10-5-7-17(15-19)12-13-21(23)22-14-6-11-20(16-22)25-18-8-3-2-4-9-18/h2-5,7-10,15,20H,6,11-14,16H2,1H3. The summed E-state index contributed by atoms with van der Waals surface area (Å²) in [5, 5.41) is 0. The summed E-state index contributed by atoms with van der Waals surface area (Å²) in [4.78, 5) is 14.5. The molecular weight excluding hydrogens is 314 g/mol. The van der Waals surface area contributed by atoms with E-state index in [2.05, 4.69) is 0 Å². The van der Waals surface area contributed by atoms with Crippen molar-refractivity contribution >= 4 is 5.91 Å². The average Bonchev–Trinajstić information content (AvgIpc) is 2.67. The van der Waals surface area contributed by atoms with Crippen LogP contribution in [0, 0.1) is 0 Å². The van der Waals surface area contributed by atoms with E-state index in [1.54, 1.807) is 7.11 Å². The minimum absolute atomic E-state index is 0.0805. The number of para-hydroxylation sites is 1. The van der Waals surface area contributed by atoms with E-state index in [1.165, 1.54) is 0 Å². The fourth-order valence-electron chi connectivity index (χ4n) is 3.19. The quantitative estimate of drug-likeness (QED) is 0.805. The molecule has 1 fully saturated rings. The average molecular weight is 339 g/mol. The van der Waals surface area contributed by atoms with E-state index < -0.39 is 0 Å². The van der Waals surface area contributed by atoms with Gasteiger partial charge in [-0.05, 0) is 49.1 Å². The molecule has 0 saturated carbocycles. The summed E-state index contributed by atoms with van der Waals surface area (Å²) in [6.45, 7) is 1.50. The molecule has 0 radical (unpaired) electrons. The summed E-state index contributed by atoms with van der Waals surface area (Å²) in [7, 11) is 1.66. The van der Waals surface area contributed by atoms with Gasteiger partial charge in [-0.15, -0.1) is 0 Å². The van der Waals surface area contributed by atoms with Gasteiger partial charge in [0.1, 0.15) is 17.6 Å². The Morgan fingerprint density at radius 2 is 1.92 bits per heavy atom. The Bertz CT molecular complexity index is 687. The van der Waals surface area contributed by atoms with E-state index in [1.807, 2.05) is 59.5 Å². The van der Waals surface area contributed by atoms with Crippen LogP contribution in [0.3, 0.4) is 0 Å². The van der Waals surface area contributed by atoms with Crippen molar-refractivity contribution in [1.82, 2.24) is 4.90 Å². The fourth-order valence-corrected chi connectivity index (χ4v) is 3.19. The molecule has 1 unspecified atom stereocenters. The van der Waals surface area contributed by atoms with Gasteiger partial charge in [0.05, 0.1) is 13.7 Å². The number of carbonyl (C=O) groups excluding carboxylic acids is 1. The Balaban J connectivity index is 1.51. The lowest BCUT2D eigenvalue weighted by Crippen LogP contribution is -2.44. The zero-order chi connectivity index (χ0) is 17.5. The van der Waals surface area contributed by atoms with E-state index in [-0.39, 0.29) is 12.0 Å². The largest absolute Gasteiger partial charge is 0.497 e. The van der Waals surface area contributed by atoms with Gasteiger partial charge >= 0.3 is 0 Å². The van der Waals surface area contributed by atoms with Crippen molar-refractivity contribution in [2.24, 2.45) is 0 Å². The van der Waals surface area contributed by atoms with Crippen LogP contribution in [-0.4, -0.2) is 37.1 Å². The highest BCUT2D eigenvalue weighted by Crippen LogP contribution is 2.19. The zero-order valence-electron chi connectivity index (χ0n) is 14.7. The summed E-state index contributed by atoms with van der Waals surface area (Å²) in [6.07, 6.45) is 3.32. The van der Waals surface area contributed by atoms with Crippen molar-refractivity contribution in [3.63, 3.8) is 0 Å². The number of nitrogens with zero attached hydrogens (tertiary/aromatic N) is 1. The number of likely N-dealkylation sites (tertiary alicyclic amines) is 1. The Morgan fingerprint density at radius 3 is 2.72 bits per heavy atom. The number of rotatable bonds is 6. The predicted molar refractivity (Wildman–Crippen MR) is 98.0 cm³/mol. The topological polar surface area (TPSA) is 38.8 Å².